The van der Waals surface area contributed by atoms with E-state index < -0.39 is 0 Å². The molecule has 0 radical (unpaired) electrons. The third-order valence-corrected chi connectivity index (χ3v) is 2.96. The van der Waals surface area contributed by atoms with Crippen LogP contribution in [0.1, 0.15) is 11.1 Å². The number of rotatable bonds is 2. The van der Waals surface area contributed by atoms with E-state index in [0.29, 0.717) is 10.7 Å². The van der Waals surface area contributed by atoms with Gasteiger partial charge in [-0.1, -0.05) is 29.3 Å². The van der Waals surface area contributed by atoms with Gasteiger partial charge in [0, 0.05) is 11.4 Å². The van der Waals surface area contributed by atoms with E-state index >= 15 is 0 Å². The first-order valence-electron chi connectivity index (χ1n) is 5.45. The Labute approximate surface area is 106 Å². The minimum atomic E-state index is 0.630. The molecule has 0 heterocycles. The van der Waals surface area contributed by atoms with Gasteiger partial charge in [0.1, 0.15) is 0 Å². The molecular weight excluding hydrogens is 232 g/mol. The minimum absolute atomic E-state index is 0.630. The van der Waals surface area contributed by atoms with Crippen molar-refractivity contribution < 1.29 is 0 Å². The van der Waals surface area contributed by atoms with Gasteiger partial charge in [0.15, 0.2) is 0 Å². The van der Waals surface area contributed by atoms with Gasteiger partial charge in [-0.25, -0.2) is 0 Å². The lowest BCUT2D eigenvalue weighted by Gasteiger charge is -2.12. The summed E-state index contributed by atoms with van der Waals surface area (Å²) in [6.45, 7) is 4.15. The first kappa shape index (κ1) is 11.8. The molecule has 0 spiro atoms. The molecule has 0 aromatic heterocycles. The highest BCUT2D eigenvalue weighted by Crippen LogP contribution is 2.28. The fourth-order valence-electron chi connectivity index (χ4n) is 1.73. The van der Waals surface area contributed by atoms with E-state index in [4.69, 9.17) is 17.3 Å². The number of nitrogen functional groups attached to an aromatic ring is 1. The smallest absolute Gasteiger partial charge is 0.0661 e. The third kappa shape index (κ3) is 2.71. The second-order valence-electron chi connectivity index (χ2n) is 4.18. The SMILES string of the molecule is Cc1ccc(Nc2ccc(N)cc2Cl)c(C)c1. The Bertz CT molecular complexity index is 500. The summed E-state index contributed by atoms with van der Waals surface area (Å²) in [5, 5.41) is 3.94. The van der Waals surface area contributed by atoms with Gasteiger partial charge >= 0.3 is 0 Å². The van der Waals surface area contributed by atoms with Crippen LogP contribution in [0.5, 0.6) is 0 Å². The van der Waals surface area contributed by atoms with Gasteiger partial charge < -0.3 is 11.1 Å². The van der Waals surface area contributed by atoms with Gasteiger partial charge in [0.2, 0.25) is 0 Å². The average molecular weight is 247 g/mol. The minimum Gasteiger partial charge on any atom is -0.399 e. The Hall–Kier alpha value is -1.67. The molecule has 2 aromatic carbocycles. The largest absolute Gasteiger partial charge is 0.399 e. The van der Waals surface area contributed by atoms with Crippen molar-refractivity contribution in [2.45, 2.75) is 13.8 Å². The summed E-state index contributed by atoms with van der Waals surface area (Å²) in [5.41, 5.74) is 10.7. The molecule has 0 saturated carbocycles. The fourth-order valence-corrected chi connectivity index (χ4v) is 1.97. The Kier molecular flexibility index (Phi) is 3.25. The van der Waals surface area contributed by atoms with E-state index in [1.807, 2.05) is 12.1 Å². The van der Waals surface area contributed by atoms with Crippen LogP contribution in [0.3, 0.4) is 0 Å². The van der Waals surface area contributed by atoms with Crippen LogP contribution in [0.15, 0.2) is 36.4 Å². The van der Waals surface area contributed by atoms with Crippen molar-refractivity contribution in [2.24, 2.45) is 0 Å². The summed E-state index contributed by atoms with van der Waals surface area (Å²) in [6, 6.07) is 11.7. The van der Waals surface area contributed by atoms with Gasteiger partial charge in [-0.2, -0.15) is 0 Å². The Morgan fingerprint density at radius 3 is 2.35 bits per heavy atom. The highest BCUT2D eigenvalue weighted by molar-refractivity contribution is 6.33. The number of benzene rings is 2. The molecule has 0 fully saturated rings. The van der Waals surface area contributed by atoms with Gasteiger partial charge in [-0.05, 0) is 43.7 Å². The van der Waals surface area contributed by atoms with Crippen molar-refractivity contribution in [1.29, 1.82) is 0 Å². The van der Waals surface area contributed by atoms with Crippen molar-refractivity contribution in [3.63, 3.8) is 0 Å². The molecule has 0 bridgehead atoms. The van der Waals surface area contributed by atoms with Crippen molar-refractivity contribution in [3.05, 3.63) is 52.5 Å². The number of nitrogens with two attached hydrogens (primary N) is 1. The number of hydrogen-bond acceptors (Lipinski definition) is 2. The Balaban J connectivity index is 2.31. The van der Waals surface area contributed by atoms with Crippen LogP contribution in [0.2, 0.25) is 5.02 Å². The maximum atomic E-state index is 6.12. The van der Waals surface area contributed by atoms with Crippen molar-refractivity contribution in [1.82, 2.24) is 0 Å². The number of halogens is 1. The molecule has 0 aliphatic rings. The molecule has 3 heteroatoms. The summed E-state index contributed by atoms with van der Waals surface area (Å²) in [5.74, 6) is 0. The predicted molar refractivity (Wildman–Crippen MR) is 75.1 cm³/mol. The van der Waals surface area contributed by atoms with E-state index in [1.165, 1.54) is 11.1 Å². The highest BCUT2D eigenvalue weighted by Gasteiger charge is 2.03. The summed E-state index contributed by atoms with van der Waals surface area (Å²) in [6.07, 6.45) is 0. The summed E-state index contributed by atoms with van der Waals surface area (Å²) in [4.78, 5) is 0. The van der Waals surface area contributed by atoms with Crippen molar-refractivity contribution in [3.8, 4) is 0 Å². The van der Waals surface area contributed by atoms with Gasteiger partial charge in [0.25, 0.3) is 0 Å². The molecule has 0 unspecified atom stereocenters. The molecule has 2 rings (SSSR count). The third-order valence-electron chi connectivity index (χ3n) is 2.64. The Morgan fingerprint density at radius 2 is 1.71 bits per heavy atom. The first-order chi connectivity index (χ1) is 8.06. The van der Waals surface area contributed by atoms with E-state index in [0.717, 1.165) is 11.4 Å². The quantitative estimate of drug-likeness (QED) is 0.776. The zero-order valence-corrected chi connectivity index (χ0v) is 10.7. The normalized spacial score (nSPS) is 10.3. The molecule has 2 nitrogen and oxygen atoms in total. The average Bonchev–Trinajstić information content (AvgIpc) is 2.25. The van der Waals surface area contributed by atoms with Crippen LogP contribution in [-0.4, -0.2) is 0 Å². The molecule has 0 saturated heterocycles. The fraction of sp³-hybridized carbons (Fsp3) is 0.143. The van der Waals surface area contributed by atoms with Gasteiger partial charge in [-0.3, -0.25) is 0 Å². The van der Waals surface area contributed by atoms with Crippen LogP contribution < -0.4 is 11.1 Å². The Morgan fingerprint density at radius 1 is 1.00 bits per heavy atom. The summed E-state index contributed by atoms with van der Waals surface area (Å²) < 4.78 is 0. The first-order valence-corrected chi connectivity index (χ1v) is 5.83. The zero-order chi connectivity index (χ0) is 12.4. The van der Waals surface area contributed by atoms with E-state index in [-0.39, 0.29) is 0 Å². The van der Waals surface area contributed by atoms with Crippen LogP contribution in [0.25, 0.3) is 0 Å². The number of hydrogen-bond donors (Lipinski definition) is 2. The van der Waals surface area contributed by atoms with Crippen LogP contribution in [-0.2, 0) is 0 Å². The van der Waals surface area contributed by atoms with Crippen molar-refractivity contribution >= 4 is 28.7 Å². The lowest BCUT2D eigenvalue weighted by Crippen LogP contribution is -1.95. The lowest BCUT2D eigenvalue weighted by atomic mass is 10.1. The van der Waals surface area contributed by atoms with Crippen LogP contribution >= 0.6 is 11.6 Å². The second kappa shape index (κ2) is 4.68. The predicted octanol–water partition coefficient (Wildman–Crippen LogP) is 4.28. The molecule has 0 aliphatic heterocycles. The monoisotopic (exact) mass is 246 g/mol. The maximum absolute atomic E-state index is 6.12. The van der Waals surface area contributed by atoms with Crippen molar-refractivity contribution in [2.75, 3.05) is 11.1 Å². The van der Waals surface area contributed by atoms with E-state index in [1.54, 1.807) is 6.07 Å². The standard InChI is InChI=1S/C14H15ClN2/c1-9-3-5-13(10(2)7-9)17-14-6-4-11(16)8-12(14)15/h3-8,17H,16H2,1-2H3. The topological polar surface area (TPSA) is 38.0 Å². The van der Waals surface area contributed by atoms with E-state index in [2.05, 4.69) is 37.4 Å². The maximum Gasteiger partial charge on any atom is 0.0661 e. The molecule has 3 N–H and O–H groups in total. The number of aryl methyl sites for hydroxylation is 2. The molecule has 2 aromatic rings. The lowest BCUT2D eigenvalue weighted by molar-refractivity contribution is 1.37. The summed E-state index contributed by atoms with van der Waals surface area (Å²) >= 11 is 6.12. The zero-order valence-electron chi connectivity index (χ0n) is 9.92. The second-order valence-corrected chi connectivity index (χ2v) is 4.59. The van der Waals surface area contributed by atoms with E-state index in [9.17, 15) is 0 Å². The molecule has 0 amide bonds. The summed E-state index contributed by atoms with van der Waals surface area (Å²) in [7, 11) is 0. The molecule has 17 heavy (non-hydrogen) atoms. The van der Waals surface area contributed by atoms with Crippen LogP contribution in [0, 0.1) is 13.8 Å². The molecule has 0 aliphatic carbocycles. The molecular formula is C14H15ClN2. The van der Waals surface area contributed by atoms with Gasteiger partial charge in [-0.15, -0.1) is 0 Å². The molecule has 0 atom stereocenters. The molecule has 88 valence electrons. The van der Waals surface area contributed by atoms with Crippen LogP contribution in [0.4, 0.5) is 17.1 Å². The van der Waals surface area contributed by atoms with Gasteiger partial charge in [0.05, 0.1) is 10.7 Å². The highest BCUT2D eigenvalue weighted by atomic mass is 35.5. The number of anilines is 3. The number of nitrogens with one attached hydrogen (secondary N) is 1.